The van der Waals surface area contributed by atoms with E-state index < -0.39 is 22.7 Å². The minimum absolute atomic E-state index is 0.262. The monoisotopic (exact) mass is 298 g/mol. The average molecular weight is 298 g/mol. The van der Waals surface area contributed by atoms with Gasteiger partial charge in [-0.05, 0) is 24.3 Å². The summed E-state index contributed by atoms with van der Waals surface area (Å²) in [7, 11) is -4.18. The van der Waals surface area contributed by atoms with Crippen LogP contribution in [0.15, 0.2) is 29.2 Å². The van der Waals surface area contributed by atoms with Crippen molar-refractivity contribution in [3.8, 4) is 5.75 Å². The van der Waals surface area contributed by atoms with Crippen LogP contribution in [0.4, 0.5) is 13.2 Å². The fraction of sp³-hybridized carbons (Fsp3) is 0.400. The normalized spacial score (nSPS) is 12.4. The third-order valence-electron chi connectivity index (χ3n) is 1.98. The Hall–Kier alpha value is -1.32. The summed E-state index contributed by atoms with van der Waals surface area (Å²) in [6.45, 7) is -1.05. The molecule has 0 heterocycles. The molecule has 0 spiro atoms. The highest BCUT2D eigenvalue weighted by Crippen LogP contribution is 2.18. The Balaban J connectivity index is 2.73. The zero-order valence-corrected chi connectivity index (χ0v) is 10.6. The first kappa shape index (κ1) is 15.7. The van der Waals surface area contributed by atoms with Gasteiger partial charge in [0.2, 0.25) is 10.0 Å². The van der Waals surface area contributed by atoms with Gasteiger partial charge in [-0.25, -0.2) is 13.1 Å². The van der Waals surface area contributed by atoms with Crippen molar-refractivity contribution in [3.05, 3.63) is 24.3 Å². The molecule has 0 unspecified atom stereocenters. The first-order chi connectivity index (χ1) is 8.74. The van der Waals surface area contributed by atoms with E-state index in [1.54, 1.807) is 0 Å². The van der Waals surface area contributed by atoms with E-state index in [1.165, 1.54) is 16.9 Å². The van der Waals surface area contributed by atoms with Gasteiger partial charge in [0.15, 0.2) is 0 Å². The Morgan fingerprint density at radius 2 is 1.79 bits per heavy atom. The number of rotatable bonds is 6. The SMILES string of the molecule is NCCOc1ccc(S(=O)(=O)NCC(F)(F)F)cc1. The zero-order valence-electron chi connectivity index (χ0n) is 9.77. The number of nitrogens with one attached hydrogen (secondary N) is 1. The summed E-state index contributed by atoms with van der Waals surface area (Å²) in [4.78, 5) is -0.267. The topological polar surface area (TPSA) is 81.4 Å². The molecule has 0 radical (unpaired) electrons. The van der Waals surface area contributed by atoms with Gasteiger partial charge in [-0.15, -0.1) is 0 Å². The minimum Gasteiger partial charge on any atom is -0.492 e. The Bertz CT molecular complexity index is 500. The van der Waals surface area contributed by atoms with Crippen LogP contribution in [0.5, 0.6) is 5.75 Å². The van der Waals surface area contributed by atoms with Crippen LogP contribution in [-0.2, 0) is 10.0 Å². The summed E-state index contributed by atoms with van der Waals surface area (Å²) in [5.41, 5.74) is 5.22. The number of nitrogens with two attached hydrogens (primary N) is 1. The molecule has 1 aromatic rings. The predicted octanol–water partition coefficient (Wildman–Crippen LogP) is 0.865. The Labute approximate surface area is 108 Å². The van der Waals surface area contributed by atoms with Crippen LogP contribution in [0.25, 0.3) is 0 Å². The molecule has 19 heavy (non-hydrogen) atoms. The second-order valence-electron chi connectivity index (χ2n) is 3.55. The van der Waals surface area contributed by atoms with Crippen molar-refractivity contribution in [2.24, 2.45) is 5.73 Å². The van der Waals surface area contributed by atoms with Crippen molar-refractivity contribution in [2.45, 2.75) is 11.1 Å². The van der Waals surface area contributed by atoms with Gasteiger partial charge in [0.25, 0.3) is 0 Å². The second-order valence-corrected chi connectivity index (χ2v) is 5.32. The second kappa shape index (κ2) is 6.22. The van der Waals surface area contributed by atoms with Crippen molar-refractivity contribution in [1.82, 2.24) is 4.72 Å². The van der Waals surface area contributed by atoms with Crippen LogP contribution in [0, 0.1) is 0 Å². The van der Waals surface area contributed by atoms with Crippen molar-refractivity contribution in [1.29, 1.82) is 0 Å². The number of hydrogen-bond acceptors (Lipinski definition) is 4. The molecular formula is C10H13F3N2O3S. The van der Waals surface area contributed by atoms with Crippen LogP contribution in [0.2, 0.25) is 0 Å². The molecular weight excluding hydrogens is 285 g/mol. The number of hydrogen-bond donors (Lipinski definition) is 2. The molecule has 0 aliphatic carbocycles. The third kappa shape index (κ3) is 5.45. The molecule has 0 atom stereocenters. The summed E-state index contributed by atoms with van der Waals surface area (Å²) in [5.74, 6) is 0.389. The van der Waals surface area contributed by atoms with Gasteiger partial charge < -0.3 is 10.5 Å². The first-order valence-corrected chi connectivity index (χ1v) is 6.72. The molecule has 0 fully saturated rings. The molecule has 108 valence electrons. The van der Waals surface area contributed by atoms with E-state index in [2.05, 4.69) is 0 Å². The molecule has 0 amide bonds. The molecule has 0 bridgehead atoms. The van der Waals surface area contributed by atoms with Crippen LogP contribution in [0.1, 0.15) is 0 Å². The van der Waals surface area contributed by atoms with Crippen molar-refractivity contribution >= 4 is 10.0 Å². The zero-order chi connectivity index (χ0) is 14.5. The van der Waals surface area contributed by atoms with Gasteiger partial charge >= 0.3 is 6.18 Å². The third-order valence-corrected chi connectivity index (χ3v) is 3.40. The maximum Gasteiger partial charge on any atom is 0.402 e. The summed E-state index contributed by atoms with van der Waals surface area (Å²) in [6, 6.07) is 5.00. The number of sulfonamides is 1. The van der Waals surface area contributed by atoms with E-state index in [1.807, 2.05) is 0 Å². The number of halogens is 3. The van der Waals surface area contributed by atoms with Crippen LogP contribution < -0.4 is 15.2 Å². The van der Waals surface area contributed by atoms with Crippen molar-refractivity contribution in [3.63, 3.8) is 0 Å². The largest absolute Gasteiger partial charge is 0.492 e. The number of ether oxygens (including phenoxy) is 1. The lowest BCUT2D eigenvalue weighted by atomic mass is 10.3. The van der Waals surface area contributed by atoms with E-state index in [0.29, 0.717) is 12.3 Å². The maximum absolute atomic E-state index is 11.9. The number of benzene rings is 1. The van der Waals surface area contributed by atoms with Crippen molar-refractivity contribution in [2.75, 3.05) is 19.7 Å². The Morgan fingerprint density at radius 3 is 2.26 bits per heavy atom. The quantitative estimate of drug-likeness (QED) is 0.816. The van der Waals surface area contributed by atoms with Gasteiger partial charge in [0.1, 0.15) is 18.9 Å². The molecule has 1 rings (SSSR count). The lowest BCUT2D eigenvalue weighted by molar-refractivity contribution is -0.121. The lowest BCUT2D eigenvalue weighted by Crippen LogP contribution is -2.33. The van der Waals surface area contributed by atoms with E-state index in [-0.39, 0.29) is 11.5 Å². The standard InChI is InChI=1S/C10H13F3N2O3S/c11-10(12,13)7-15-19(16,17)9-3-1-8(2-4-9)18-6-5-14/h1-4,15H,5-7,14H2. The van der Waals surface area contributed by atoms with Gasteiger partial charge in [-0.1, -0.05) is 0 Å². The molecule has 5 nitrogen and oxygen atoms in total. The highest BCUT2D eigenvalue weighted by molar-refractivity contribution is 7.89. The average Bonchev–Trinajstić information content (AvgIpc) is 2.34. The lowest BCUT2D eigenvalue weighted by Gasteiger charge is -2.10. The van der Waals surface area contributed by atoms with Crippen molar-refractivity contribution < 1.29 is 26.3 Å². The predicted molar refractivity (Wildman–Crippen MR) is 62.2 cm³/mol. The highest BCUT2D eigenvalue weighted by atomic mass is 32.2. The summed E-state index contributed by atoms with van der Waals surface area (Å²) in [6.07, 6.45) is -4.60. The molecule has 0 saturated heterocycles. The smallest absolute Gasteiger partial charge is 0.402 e. The molecule has 0 aliphatic rings. The number of alkyl halides is 3. The molecule has 3 N–H and O–H groups in total. The van der Waals surface area contributed by atoms with Crippen LogP contribution in [0.3, 0.4) is 0 Å². The summed E-state index contributed by atoms with van der Waals surface area (Å²) in [5, 5.41) is 0. The Kier molecular flexibility index (Phi) is 5.15. The fourth-order valence-corrected chi connectivity index (χ4v) is 2.17. The van der Waals surface area contributed by atoms with Gasteiger partial charge in [0.05, 0.1) is 4.90 Å². The molecule has 0 aliphatic heterocycles. The van der Waals surface area contributed by atoms with E-state index in [4.69, 9.17) is 10.5 Å². The molecule has 9 heteroatoms. The Morgan fingerprint density at radius 1 is 1.21 bits per heavy atom. The van der Waals surface area contributed by atoms with Crippen LogP contribution >= 0.6 is 0 Å². The van der Waals surface area contributed by atoms with Crippen LogP contribution in [-0.4, -0.2) is 34.3 Å². The van der Waals surface area contributed by atoms with Gasteiger partial charge in [0, 0.05) is 6.54 Å². The van der Waals surface area contributed by atoms with Gasteiger partial charge in [-0.2, -0.15) is 13.2 Å². The fourth-order valence-electron chi connectivity index (χ4n) is 1.15. The molecule has 1 aromatic carbocycles. The van der Waals surface area contributed by atoms with Gasteiger partial charge in [-0.3, -0.25) is 0 Å². The molecule has 0 saturated carbocycles. The van der Waals surface area contributed by atoms with E-state index in [9.17, 15) is 21.6 Å². The maximum atomic E-state index is 11.9. The summed E-state index contributed by atoms with van der Waals surface area (Å²) < 4.78 is 65.5. The molecule has 0 aromatic heterocycles. The van der Waals surface area contributed by atoms with E-state index >= 15 is 0 Å². The first-order valence-electron chi connectivity index (χ1n) is 5.24. The summed E-state index contributed by atoms with van der Waals surface area (Å²) >= 11 is 0. The highest BCUT2D eigenvalue weighted by Gasteiger charge is 2.29. The minimum atomic E-state index is -4.60. The van der Waals surface area contributed by atoms with E-state index in [0.717, 1.165) is 12.1 Å².